The molecule has 6 rings (SSSR count). The summed E-state index contributed by atoms with van der Waals surface area (Å²) in [6.07, 6.45) is 4.61. The molecule has 5 aromatic rings. The minimum atomic E-state index is -0.824. The van der Waals surface area contributed by atoms with Crippen molar-refractivity contribution in [1.29, 1.82) is 0 Å². The smallest absolute Gasteiger partial charge is 0.295 e. The molecule has 194 valence electrons. The third-order valence-electron chi connectivity index (χ3n) is 6.79. The summed E-state index contributed by atoms with van der Waals surface area (Å²) in [5, 5.41) is 8.36. The first kappa shape index (κ1) is 24.2. The Morgan fingerprint density at radius 3 is 2.26 bits per heavy atom. The fraction of sp³-hybridized carbons (Fsp3) is 0.143. The van der Waals surface area contributed by atoms with Gasteiger partial charge in [0.25, 0.3) is 17.6 Å². The number of carbonyl (C=O) groups is 3. The quantitative estimate of drug-likeness (QED) is 0.269. The molecule has 1 fully saturated rings. The molecule has 0 spiro atoms. The highest BCUT2D eigenvalue weighted by Gasteiger charge is 2.31. The first-order chi connectivity index (χ1) is 19.0. The zero-order valence-electron chi connectivity index (χ0n) is 20.6. The van der Waals surface area contributed by atoms with Crippen molar-refractivity contribution in [3.05, 3.63) is 90.1 Å². The van der Waals surface area contributed by atoms with Crippen molar-refractivity contribution in [1.82, 2.24) is 34.9 Å². The number of nitrogens with one attached hydrogen (secondary N) is 2. The molecule has 3 aromatic heterocycles. The van der Waals surface area contributed by atoms with Crippen LogP contribution in [0.3, 0.4) is 0 Å². The fourth-order valence-electron chi connectivity index (χ4n) is 4.74. The van der Waals surface area contributed by atoms with Crippen LogP contribution in [-0.2, 0) is 4.79 Å². The van der Waals surface area contributed by atoms with Gasteiger partial charge in [-0.25, -0.2) is 4.39 Å². The van der Waals surface area contributed by atoms with E-state index in [0.717, 1.165) is 5.56 Å². The van der Waals surface area contributed by atoms with Gasteiger partial charge in [-0.05, 0) is 36.4 Å². The number of amides is 2. The number of hydrogen-bond donors (Lipinski definition) is 2. The molecule has 0 radical (unpaired) electrons. The first-order valence-electron chi connectivity index (χ1n) is 12.3. The van der Waals surface area contributed by atoms with Crippen molar-refractivity contribution in [2.75, 3.05) is 26.2 Å². The van der Waals surface area contributed by atoms with E-state index < -0.39 is 17.5 Å². The fourth-order valence-corrected chi connectivity index (χ4v) is 4.74. The molecule has 39 heavy (non-hydrogen) atoms. The molecule has 2 aromatic carbocycles. The number of aromatic nitrogens is 5. The van der Waals surface area contributed by atoms with E-state index in [1.54, 1.807) is 53.7 Å². The summed E-state index contributed by atoms with van der Waals surface area (Å²) in [6, 6.07) is 15.2. The van der Waals surface area contributed by atoms with Gasteiger partial charge in [-0.15, -0.1) is 10.2 Å². The monoisotopic (exact) mass is 523 g/mol. The largest absolute Gasteiger partial charge is 0.360 e. The van der Waals surface area contributed by atoms with Gasteiger partial charge in [0, 0.05) is 66.8 Å². The highest BCUT2D eigenvalue weighted by atomic mass is 19.1. The molecule has 1 aliphatic rings. The molecule has 2 amide bonds. The molecule has 0 atom stereocenters. The maximum absolute atomic E-state index is 15.0. The van der Waals surface area contributed by atoms with Gasteiger partial charge in [-0.2, -0.15) is 0 Å². The molecular formula is C28H22FN7O3. The van der Waals surface area contributed by atoms with Crippen LogP contribution in [0.5, 0.6) is 0 Å². The van der Waals surface area contributed by atoms with Gasteiger partial charge < -0.3 is 19.8 Å². The molecule has 1 aliphatic heterocycles. The Bertz CT molecular complexity index is 1690. The summed E-state index contributed by atoms with van der Waals surface area (Å²) in [6.45, 7) is 0.999. The highest BCUT2D eigenvalue weighted by molar-refractivity contribution is 6.45. The van der Waals surface area contributed by atoms with Crippen molar-refractivity contribution in [3.63, 3.8) is 0 Å². The second-order valence-corrected chi connectivity index (χ2v) is 9.08. The maximum atomic E-state index is 15.0. The number of aromatic amines is 2. The van der Waals surface area contributed by atoms with Crippen LogP contribution < -0.4 is 0 Å². The number of hydrogen-bond acceptors (Lipinski definition) is 6. The Hall–Kier alpha value is -5.19. The second kappa shape index (κ2) is 9.93. The summed E-state index contributed by atoms with van der Waals surface area (Å²) in [7, 11) is 0. The molecule has 0 aliphatic carbocycles. The molecular weight excluding hydrogens is 501 g/mol. The topological polar surface area (TPSA) is 128 Å². The van der Waals surface area contributed by atoms with E-state index in [1.807, 2.05) is 6.07 Å². The van der Waals surface area contributed by atoms with Crippen LogP contribution >= 0.6 is 0 Å². The molecule has 11 heteroatoms. The third kappa shape index (κ3) is 4.43. The van der Waals surface area contributed by atoms with E-state index >= 15 is 4.39 Å². The Balaban J connectivity index is 1.22. The van der Waals surface area contributed by atoms with Crippen LogP contribution in [0.25, 0.3) is 33.7 Å². The number of rotatable bonds is 5. The molecule has 4 heterocycles. The molecule has 0 saturated carbocycles. The number of halogens is 1. The number of piperazine rings is 1. The summed E-state index contributed by atoms with van der Waals surface area (Å²) in [4.78, 5) is 52.2. The van der Waals surface area contributed by atoms with Crippen LogP contribution in [0, 0.1) is 5.82 Å². The average Bonchev–Trinajstić information content (AvgIpc) is 3.66. The zero-order chi connectivity index (χ0) is 26.9. The SMILES string of the molecule is O=C(C(=O)N1CCN(C(=O)c2ccccc2)CC1)c1c[nH]c2c(-c3nnc(-c4ccncc4)[nH]3)ccc(F)c12. The lowest BCUT2D eigenvalue weighted by Crippen LogP contribution is -2.52. The maximum Gasteiger partial charge on any atom is 0.295 e. The van der Waals surface area contributed by atoms with E-state index in [-0.39, 0.29) is 29.9 Å². The minimum absolute atomic E-state index is 0.00519. The summed E-state index contributed by atoms with van der Waals surface area (Å²) >= 11 is 0. The van der Waals surface area contributed by atoms with Crippen molar-refractivity contribution >= 4 is 28.5 Å². The first-order valence-corrected chi connectivity index (χ1v) is 12.3. The number of H-pyrrole nitrogens is 2. The van der Waals surface area contributed by atoms with Crippen LogP contribution in [0.15, 0.2) is 73.2 Å². The van der Waals surface area contributed by atoms with Crippen molar-refractivity contribution in [2.24, 2.45) is 0 Å². The van der Waals surface area contributed by atoms with E-state index in [1.165, 1.54) is 23.2 Å². The number of nitrogens with zero attached hydrogens (tertiary/aromatic N) is 5. The van der Waals surface area contributed by atoms with E-state index in [2.05, 4.69) is 25.1 Å². The summed E-state index contributed by atoms with van der Waals surface area (Å²) in [5.74, 6) is -1.45. The third-order valence-corrected chi connectivity index (χ3v) is 6.79. The summed E-state index contributed by atoms with van der Waals surface area (Å²) < 4.78 is 15.0. The lowest BCUT2D eigenvalue weighted by atomic mass is 10.0. The van der Waals surface area contributed by atoms with Gasteiger partial charge in [0.2, 0.25) is 0 Å². The number of ketones is 1. The molecule has 10 nitrogen and oxygen atoms in total. The zero-order valence-corrected chi connectivity index (χ0v) is 20.6. The Morgan fingerprint density at radius 2 is 1.51 bits per heavy atom. The number of benzene rings is 2. The van der Waals surface area contributed by atoms with E-state index in [0.29, 0.717) is 41.4 Å². The van der Waals surface area contributed by atoms with Gasteiger partial charge in [0.1, 0.15) is 5.82 Å². The number of fused-ring (bicyclic) bond motifs is 1. The lowest BCUT2D eigenvalue weighted by Gasteiger charge is -2.34. The van der Waals surface area contributed by atoms with Crippen molar-refractivity contribution in [2.45, 2.75) is 0 Å². The molecule has 2 N–H and O–H groups in total. The number of carbonyl (C=O) groups excluding carboxylic acids is 3. The van der Waals surface area contributed by atoms with Crippen molar-refractivity contribution in [3.8, 4) is 22.8 Å². The van der Waals surface area contributed by atoms with Gasteiger partial charge >= 0.3 is 0 Å². The lowest BCUT2D eigenvalue weighted by molar-refractivity contribution is -0.127. The van der Waals surface area contributed by atoms with E-state index in [4.69, 9.17) is 0 Å². The number of Topliss-reactive ketones (excluding diaryl/α,β-unsaturated/α-hetero) is 1. The van der Waals surface area contributed by atoms with Crippen LogP contribution in [-0.4, -0.2) is 78.7 Å². The molecule has 0 unspecified atom stereocenters. The molecule has 0 bridgehead atoms. The van der Waals surface area contributed by atoms with Crippen molar-refractivity contribution < 1.29 is 18.8 Å². The second-order valence-electron chi connectivity index (χ2n) is 9.08. The predicted octanol–water partition coefficient (Wildman–Crippen LogP) is 3.32. The molecule has 1 saturated heterocycles. The Labute approximate surface area is 221 Å². The van der Waals surface area contributed by atoms with Gasteiger partial charge in [0.15, 0.2) is 11.6 Å². The Kier molecular flexibility index (Phi) is 6.16. The highest BCUT2D eigenvalue weighted by Crippen LogP contribution is 2.31. The average molecular weight is 524 g/mol. The van der Waals surface area contributed by atoms with Gasteiger partial charge in [-0.1, -0.05) is 18.2 Å². The van der Waals surface area contributed by atoms with Crippen LogP contribution in [0.2, 0.25) is 0 Å². The normalized spacial score (nSPS) is 13.6. The predicted molar refractivity (Wildman–Crippen MR) is 140 cm³/mol. The minimum Gasteiger partial charge on any atom is -0.360 e. The Morgan fingerprint density at radius 1 is 0.821 bits per heavy atom. The number of pyridine rings is 1. The van der Waals surface area contributed by atoms with Crippen LogP contribution in [0.4, 0.5) is 4.39 Å². The van der Waals surface area contributed by atoms with E-state index in [9.17, 15) is 14.4 Å². The van der Waals surface area contributed by atoms with Crippen LogP contribution in [0.1, 0.15) is 20.7 Å². The van der Waals surface area contributed by atoms with Gasteiger partial charge in [0.05, 0.1) is 11.1 Å². The summed E-state index contributed by atoms with van der Waals surface area (Å²) in [5.41, 5.74) is 2.10. The standard InChI is InChI=1S/C28H22FN7O3/c29-21-7-6-19(26-32-25(33-34-26)17-8-10-30-11-9-17)23-22(21)20(16-31-23)24(37)28(39)36-14-12-35(13-15-36)27(38)18-4-2-1-3-5-18/h1-11,16,31H,12-15H2,(H,32,33,34). The van der Waals surface area contributed by atoms with Gasteiger partial charge in [-0.3, -0.25) is 19.4 Å².